The van der Waals surface area contributed by atoms with E-state index in [2.05, 4.69) is 20.9 Å². The van der Waals surface area contributed by atoms with Gasteiger partial charge in [0.05, 0.1) is 0 Å². The first-order chi connectivity index (χ1) is 14.4. The van der Waals surface area contributed by atoms with Gasteiger partial charge in [-0.25, -0.2) is 9.59 Å². The molecule has 1 atom stereocenters. The molecule has 30 heavy (non-hydrogen) atoms. The van der Waals surface area contributed by atoms with Crippen molar-refractivity contribution in [3.63, 3.8) is 0 Å². The summed E-state index contributed by atoms with van der Waals surface area (Å²) in [5, 5.41) is 18.8. The van der Waals surface area contributed by atoms with Crippen molar-refractivity contribution < 1.29 is 19.5 Å². The van der Waals surface area contributed by atoms with E-state index in [1.165, 1.54) is 12.1 Å². The summed E-state index contributed by atoms with van der Waals surface area (Å²) in [5.74, 6) is -0.766. The summed E-state index contributed by atoms with van der Waals surface area (Å²) >= 11 is 0. The highest BCUT2D eigenvalue weighted by Crippen LogP contribution is 2.34. The number of rotatable bonds is 6. The fraction of sp³-hybridized carbons (Fsp3) is 0.143. The monoisotopic (exact) mass is 407 g/mol. The number of primary amides is 1. The van der Waals surface area contributed by atoms with Gasteiger partial charge >= 0.3 is 12.1 Å². The maximum Gasteiger partial charge on any atom is 0.407 e. The Balaban J connectivity index is 2.41. The van der Waals surface area contributed by atoms with Crippen LogP contribution in [-0.2, 0) is 5.66 Å². The van der Waals surface area contributed by atoms with Crippen LogP contribution in [0.15, 0.2) is 60.9 Å². The third-order valence-corrected chi connectivity index (χ3v) is 4.62. The second-order valence-corrected chi connectivity index (χ2v) is 6.48. The summed E-state index contributed by atoms with van der Waals surface area (Å²) in [7, 11) is 0. The zero-order valence-corrected chi connectivity index (χ0v) is 16.2. The molecule has 0 radical (unpaired) electrons. The molecule has 1 unspecified atom stereocenters. The molecule has 0 aliphatic carbocycles. The van der Waals surface area contributed by atoms with E-state index in [-0.39, 0.29) is 11.1 Å². The Hall–Kier alpha value is -4.14. The van der Waals surface area contributed by atoms with Crippen LogP contribution >= 0.6 is 0 Å². The standard InChI is InChI=1S/C21H21N5O4/c1-2-24-19(28)25-21(26-20(29)30,16-8-4-3-7-14(16)18(22)27)17-9-5-6-13-10-11-23-12-15(13)17/h3-12,26H,2H2,1H3,(H2,22,27)(H,29,30)(H2,24,25,28). The second-order valence-electron chi connectivity index (χ2n) is 6.48. The van der Waals surface area contributed by atoms with Gasteiger partial charge in [-0.15, -0.1) is 0 Å². The fourth-order valence-corrected chi connectivity index (χ4v) is 3.45. The number of fused-ring (bicyclic) bond motifs is 1. The van der Waals surface area contributed by atoms with Gasteiger partial charge in [-0.05, 0) is 24.4 Å². The maximum absolute atomic E-state index is 12.6. The van der Waals surface area contributed by atoms with Gasteiger partial charge in [0.1, 0.15) is 0 Å². The zero-order valence-electron chi connectivity index (χ0n) is 16.2. The van der Waals surface area contributed by atoms with Crippen LogP contribution in [0, 0.1) is 0 Å². The van der Waals surface area contributed by atoms with Gasteiger partial charge in [0.15, 0.2) is 5.66 Å². The van der Waals surface area contributed by atoms with Crippen molar-refractivity contribution in [1.29, 1.82) is 0 Å². The van der Waals surface area contributed by atoms with E-state index in [1.807, 2.05) is 6.07 Å². The summed E-state index contributed by atoms with van der Waals surface area (Å²) in [5.41, 5.74) is 4.37. The average molecular weight is 407 g/mol. The van der Waals surface area contributed by atoms with Crippen LogP contribution in [0.1, 0.15) is 28.4 Å². The molecule has 0 bridgehead atoms. The predicted molar refractivity (Wildman–Crippen MR) is 111 cm³/mol. The van der Waals surface area contributed by atoms with E-state index in [1.54, 1.807) is 49.6 Å². The van der Waals surface area contributed by atoms with E-state index in [9.17, 15) is 19.5 Å². The predicted octanol–water partition coefficient (Wildman–Crippen LogP) is 2.12. The second kappa shape index (κ2) is 8.48. The molecular formula is C21H21N5O4. The number of benzene rings is 2. The highest BCUT2D eigenvalue weighted by molar-refractivity contribution is 5.96. The normalized spacial score (nSPS) is 12.6. The average Bonchev–Trinajstić information content (AvgIpc) is 2.72. The van der Waals surface area contributed by atoms with Crippen LogP contribution in [0.3, 0.4) is 0 Å². The maximum atomic E-state index is 12.6. The molecule has 9 heteroatoms. The van der Waals surface area contributed by atoms with Gasteiger partial charge in [-0.2, -0.15) is 0 Å². The van der Waals surface area contributed by atoms with E-state index in [4.69, 9.17) is 5.73 Å². The van der Waals surface area contributed by atoms with Gasteiger partial charge in [-0.3, -0.25) is 15.1 Å². The molecular weight excluding hydrogens is 386 g/mol. The van der Waals surface area contributed by atoms with Crippen LogP contribution in [-0.4, -0.2) is 34.7 Å². The molecule has 3 aromatic rings. The summed E-state index contributed by atoms with van der Waals surface area (Å²) in [4.78, 5) is 40.8. The summed E-state index contributed by atoms with van der Waals surface area (Å²) in [6, 6.07) is 12.6. The SMILES string of the molecule is CCNC(=O)NC(NC(=O)O)(c1ccccc1C(N)=O)c1cccc2ccncc12. The molecule has 0 spiro atoms. The number of urea groups is 1. The smallest absolute Gasteiger partial charge is 0.407 e. The largest absolute Gasteiger partial charge is 0.465 e. The van der Waals surface area contributed by atoms with Crippen molar-refractivity contribution in [1.82, 2.24) is 20.9 Å². The number of nitrogens with zero attached hydrogens (tertiary/aromatic N) is 1. The van der Waals surface area contributed by atoms with Crippen molar-refractivity contribution in [3.05, 3.63) is 77.6 Å². The van der Waals surface area contributed by atoms with E-state index in [0.29, 0.717) is 17.5 Å². The molecule has 0 aliphatic heterocycles. The Morgan fingerprint density at radius 1 is 1.03 bits per heavy atom. The summed E-state index contributed by atoms with van der Waals surface area (Å²) in [6.07, 6.45) is 1.76. The molecule has 0 fully saturated rings. The van der Waals surface area contributed by atoms with Gasteiger partial charge in [-0.1, -0.05) is 36.4 Å². The number of hydrogen-bond donors (Lipinski definition) is 5. The quantitative estimate of drug-likeness (QED) is 0.397. The molecule has 6 N–H and O–H groups in total. The van der Waals surface area contributed by atoms with Gasteiger partial charge in [0, 0.05) is 41.0 Å². The lowest BCUT2D eigenvalue weighted by Gasteiger charge is -2.37. The van der Waals surface area contributed by atoms with E-state index < -0.39 is 23.7 Å². The Morgan fingerprint density at radius 3 is 2.47 bits per heavy atom. The van der Waals surface area contributed by atoms with Crippen LogP contribution < -0.4 is 21.7 Å². The lowest BCUT2D eigenvalue weighted by atomic mass is 9.85. The van der Waals surface area contributed by atoms with Crippen LogP contribution in [0.2, 0.25) is 0 Å². The Bertz CT molecular complexity index is 1110. The molecule has 0 saturated heterocycles. The molecule has 1 heterocycles. The van der Waals surface area contributed by atoms with Crippen molar-refractivity contribution >= 4 is 28.8 Å². The molecule has 0 saturated carbocycles. The van der Waals surface area contributed by atoms with E-state index >= 15 is 0 Å². The number of carbonyl (C=O) groups excluding carboxylic acids is 2. The summed E-state index contributed by atoms with van der Waals surface area (Å²) < 4.78 is 0. The van der Waals surface area contributed by atoms with Crippen molar-refractivity contribution in [2.75, 3.05) is 6.54 Å². The Labute approximate surface area is 172 Å². The minimum atomic E-state index is -1.82. The van der Waals surface area contributed by atoms with Gasteiger partial charge in [0.2, 0.25) is 5.91 Å². The molecule has 9 nitrogen and oxygen atoms in total. The van der Waals surface area contributed by atoms with Gasteiger partial charge in [0.25, 0.3) is 0 Å². The van der Waals surface area contributed by atoms with Crippen molar-refractivity contribution in [2.45, 2.75) is 12.6 Å². The first-order valence-corrected chi connectivity index (χ1v) is 9.18. The number of carbonyl (C=O) groups is 3. The zero-order chi connectivity index (χ0) is 21.7. The molecule has 4 amide bonds. The minimum absolute atomic E-state index is 0.0592. The number of nitrogens with one attached hydrogen (secondary N) is 3. The number of nitrogens with two attached hydrogens (primary N) is 1. The van der Waals surface area contributed by atoms with Crippen molar-refractivity contribution in [3.8, 4) is 0 Å². The fourth-order valence-electron chi connectivity index (χ4n) is 3.45. The number of amides is 4. The van der Waals surface area contributed by atoms with Crippen LogP contribution in [0.5, 0.6) is 0 Å². The third-order valence-electron chi connectivity index (χ3n) is 4.62. The molecule has 154 valence electrons. The minimum Gasteiger partial charge on any atom is -0.465 e. The van der Waals surface area contributed by atoms with E-state index in [0.717, 1.165) is 5.39 Å². The van der Waals surface area contributed by atoms with Crippen molar-refractivity contribution in [2.24, 2.45) is 5.73 Å². The lowest BCUT2D eigenvalue weighted by Crippen LogP contribution is -2.61. The highest BCUT2D eigenvalue weighted by Gasteiger charge is 2.41. The Morgan fingerprint density at radius 2 is 1.77 bits per heavy atom. The number of pyridine rings is 1. The molecule has 0 aliphatic rings. The molecule has 1 aromatic heterocycles. The topological polar surface area (TPSA) is 146 Å². The molecule has 3 rings (SSSR count). The lowest BCUT2D eigenvalue weighted by molar-refractivity contribution is 0.0995. The van der Waals surface area contributed by atoms with Crippen LogP contribution in [0.4, 0.5) is 9.59 Å². The highest BCUT2D eigenvalue weighted by atomic mass is 16.4. The Kier molecular flexibility index (Phi) is 5.82. The first-order valence-electron chi connectivity index (χ1n) is 9.18. The first kappa shape index (κ1) is 20.6. The number of carboxylic acid groups (broad SMARTS) is 1. The third kappa shape index (κ3) is 3.86. The van der Waals surface area contributed by atoms with Gasteiger partial charge < -0.3 is 21.5 Å². The number of aromatic nitrogens is 1. The van der Waals surface area contributed by atoms with Crippen LogP contribution in [0.25, 0.3) is 10.8 Å². The summed E-state index contributed by atoms with van der Waals surface area (Å²) in [6.45, 7) is 2.04. The molecule has 2 aromatic carbocycles. The number of hydrogen-bond acceptors (Lipinski definition) is 4.